The highest BCUT2D eigenvalue weighted by molar-refractivity contribution is 7.22. The average molecular weight is 435 g/mol. The van der Waals surface area contributed by atoms with Crippen LogP contribution in [0.25, 0.3) is 10.2 Å². The molecule has 2 aromatic carbocycles. The van der Waals surface area contributed by atoms with Gasteiger partial charge in [0.25, 0.3) is 11.6 Å². The molecule has 0 aliphatic rings. The molecule has 1 aromatic heterocycles. The summed E-state index contributed by atoms with van der Waals surface area (Å²) in [5, 5.41) is 11.7. The minimum atomic E-state index is -0.495. The molecule has 29 heavy (non-hydrogen) atoms. The van der Waals surface area contributed by atoms with Gasteiger partial charge in [0.1, 0.15) is 0 Å². The molecule has 0 unspecified atom stereocenters. The first-order chi connectivity index (χ1) is 13.3. The molecule has 7 nitrogen and oxygen atoms in total. The largest absolute Gasteiger partial charge is 0.308 e. The monoisotopic (exact) mass is 434 g/mol. The SMILES string of the molecule is Cc1ccc2sc(N(CCN(C)C)C(=O)c3cccc([N+](=O)[O-])c3)nc2c1C.Cl. The van der Waals surface area contributed by atoms with Crippen molar-refractivity contribution in [1.82, 2.24) is 9.88 Å². The summed E-state index contributed by atoms with van der Waals surface area (Å²) < 4.78 is 1.01. The lowest BCUT2D eigenvalue weighted by atomic mass is 10.1. The number of carbonyl (C=O) groups is 1. The Hall–Kier alpha value is -2.55. The van der Waals surface area contributed by atoms with Gasteiger partial charge in [-0.25, -0.2) is 4.98 Å². The molecular weight excluding hydrogens is 412 g/mol. The first kappa shape index (κ1) is 22.7. The summed E-state index contributed by atoms with van der Waals surface area (Å²) in [7, 11) is 3.86. The van der Waals surface area contributed by atoms with Gasteiger partial charge in [-0.2, -0.15) is 0 Å². The molecule has 0 radical (unpaired) electrons. The molecule has 1 heterocycles. The van der Waals surface area contributed by atoms with Crippen LogP contribution in [0.3, 0.4) is 0 Å². The topological polar surface area (TPSA) is 79.6 Å². The summed E-state index contributed by atoms with van der Waals surface area (Å²) in [6.07, 6.45) is 0. The van der Waals surface area contributed by atoms with E-state index in [1.165, 1.54) is 29.5 Å². The van der Waals surface area contributed by atoms with E-state index >= 15 is 0 Å². The smallest absolute Gasteiger partial charge is 0.270 e. The van der Waals surface area contributed by atoms with Gasteiger partial charge in [-0.3, -0.25) is 19.8 Å². The maximum atomic E-state index is 13.2. The highest BCUT2D eigenvalue weighted by atomic mass is 35.5. The van der Waals surface area contributed by atoms with Crippen molar-refractivity contribution in [2.45, 2.75) is 13.8 Å². The van der Waals surface area contributed by atoms with Crippen molar-refractivity contribution in [3.8, 4) is 0 Å². The Labute approximate surface area is 179 Å². The fraction of sp³-hybridized carbons (Fsp3) is 0.300. The van der Waals surface area contributed by atoms with Gasteiger partial charge in [0.2, 0.25) is 0 Å². The number of rotatable bonds is 6. The van der Waals surface area contributed by atoms with Crippen molar-refractivity contribution in [3.63, 3.8) is 0 Å². The van der Waals surface area contributed by atoms with E-state index in [1.807, 2.05) is 45.0 Å². The minimum Gasteiger partial charge on any atom is -0.308 e. The van der Waals surface area contributed by atoms with E-state index in [1.54, 1.807) is 11.0 Å². The van der Waals surface area contributed by atoms with Crippen LogP contribution in [0.4, 0.5) is 10.8 Å². The number of aryl methyl sites for hydroxylation is 2. The van der Waals surface area contributed by atoms with E-state index in [0.29, 0.717) is 18.2 Å². The van der Waals surface area contributed by atoms with Crippen LogP contribution in [-0.4, -0.2) is 47.9 Å². The van der Waals surface area contributed by atoms with Crippen molar-refractivity contribution < 1.29 is 9.72 Å². The summed E-state index contributed by atoms with van der Waals surface area (Å²) in [5.74, 6) is -0.293. The second-order valence-corrected chi connectivity index (χ2v) is 7.93. The normalized spacial score (nSPS) is 10.8. The summed E-state index contributed by atoms with van der Waals surface area (Å²) in [6, 6.07) is 9.88. The van der Waals surface area contributed by atoms with Gasteiger partial charge in [-0.05, 0) is 51.2 Å². The van der Waals surface area contributed by atoms with Gasteiger partial charge in [0.05, 0.1) is 15.1 Å². The van der Waals surface area contributed by atoms with E-state index in [0.717, 1.165) is 21.3 Å². The maximum Gasteiger partial charge on any atom is 0.270 e. The number of fused-ring (bicyclic) bond motifs is 1. The molecule has 154 valence electrons. The lowest BCUT2D eigenvalue weighted by Crippen LogP contribution is -2.36. The number of benzene rings is 2. The number of thiazole rings is 1. The summed E-state index contributed by atoms with van der Waals surface area (Å²) in [5.41, 5.74) is 3.31. The third kappa shape index (κ3) is 4.90. The fourth-order valence-corrected chi connectivity index (χ4v) is 3.87. The summed E-state index contributed by atoms with van der Waals surface area (Å²) in [4.78, 5) is 32.1. The lowest BCUT2D eigenvalue weighted by Gasteiger charge is -2.22. The maximum absolute atomic E-state index is 13.2. The van der Waals surface area contributed by atoms with Gasteiger partial charge in [-0.15, -0.1) is 12.4 Å². The number of non-ortho nitro benzene ring substituents is 1. The standard InChI is InChI=1S/C20H22N4O3S.ClH/c1-13-8-9-17-18(14(13)2)21-20(28-17)23(11-10-22(3)4)19(25)15-6-5-7-16(12-15)24(26)27;/h5-9,12H,10-11H2,1-4H3;1H. The Balaban J connectivity index is 0.00000300. The summed E-state index contributed by atoms with van der Waals surface area (Å²) >= 11 is 1.46. The predicted molar refractivity (Wildman–Crippen MR) is 120 cm³/mol. The number of halogens is 1. The van der Waals surface area contributed by atoms with Crippen LogP contribution in [0.5, 0.6) is 0 Å². The Bertz CT molecular complexity index is 1050. The molecular formula is C20H23ClN4O3S. The van der Waals surface area contributed by atoms with Crippen LogP contribution in [-0.2, 0) is 0 Å². The number of nitro groups is 1. The molecule has 0 saturated heterocycles. The molecule has 0 N–H and O–H groups in total. The number of carbonyl (C=O) groups excluding carboxylic acids is 1. The first-order valence-corrected chi connectivity index (χ1v) is 9.67. The number of aromatic nitrogens is 1. The van der Waals surface area contributed by atoms with Crippen molar-refractivity contribution in [3.05, 3.63) is 63.2 Å². The molecule has 0 fully saturated rings. The average Bonchev–Trinajstić information content (AvgIpc) is 3.09. The zero-order chi connectivity index (χ0) is 20.4. The third-order valence-electron chi connectivity index (χ3n) is 4.62. The van der Waals surface area contributed by atoms with E-state index in [9.17, 15) is 14.9 Å². The molecule has 9 heteroatoms. The molecule has 0 atom stereocenters. The molecule has 0 bridgehead atoms. The van der Waals surface area contributed by atoms with Gasteiger partial charge in [0.15, 0.2) is 5.13 Å². The second kappa shape index (κ2) is 9.30. The number of hydrogen-bond donors (Lipinski definition) is 0. The Morgan fingerprint density at radius 2 is 1.90 bits per heavy atom. The van der Waals surface area contributed by atoms with Crippen molar-refractivity contribution in [2.24, 2.45) is 0 Å². The van der Waals surface area contributed by atoms with E-state index < -0.39 is 4.92 Å². The van der Waals surface area contributed by atoms with Gasteiger partial charge in [-0.1, -0.05) is 23.5 Å². The quantitative estimate of drug-likeness (QED) is 0.423. The van der Waals surface area contributed by atoms with E-state index in [-0.39, 0.29) is 29.6 Å². The Morgan fingerprint density at radius 1 is 1.17 bits per heavy atom. The van der Waals surface area contributed by atoms with Crippen molar-refractivity contribution in [1.29, 1.82) is 0 Å². The van der Waals surface area contributed by atoms with Gasteiger partial charge >= 0.3 is 0 Å². The van der Waals surface area contributed by atoms with Gasteiger partial charge < -0.3 is 4.90 Å². The highest BCUT2D eigenvalue weighted by Gasteiger charge is 2.23. The molecule has 3 aromatic rings. The van der Waals surface area contributed by atoms with Crippen LogP contribution in [0.1, 0.15) is 21.5 Å². The molecule has 3 rings (SSSR count). The van der Waals surface area contributed by atoms with Gasteiger partial charge in [0, 0.05) is 30.8 Å². The van der Waals surface area contributed by atoms with E-state index in [2.05, 4.69) is 0 Å². The zero-order valence-electron chi connectivity index (χ0n) is 16.7. The number of amides is 1. The van der Waals surface area contributed by atoms with Crippen LogP contribution < -0.4 is 4.90 Å². The van der Waals surface area contributed by atoms with E-state index in [4.69, 9.17) is 4.98 Å². The number of nitro benzene ring substituents is 1. The molecule has 0 aliphatic heterocycles. The highest BCUT2D eigenvalue weighted by Crippen LogP contribution is 2.32. The first-order valence-electron chi connectivity index (χ1n) is 8.85. The third-order valence-corrected chi connectivity index (χ3v) is 5.67. The van der Waals surface area contributed by atoms with Crippen LogP contribution in [0, 0.1) is 24.0 Å². The Kier molecular flexibility index (Phi) is 7.29. The number of anilines is 1. The summed E-state index contributed by atoms with van der Waals surface area (Å²) in [6.45, 7) is 5.14. The van der Waals surface area contributed by atoms with Crippen molar-refractivity contribution in [2.75, 3.05) is 32.1 Å². The minimum absolute atomic E-state index is 0. The molecule has 0 saturated carbocycles. The van der Waals surface area contributed by atoms with Crippen LogP contribution in [0.15, 0.2) is 36.4 Å². The fourth-order valence-electron chi connectivity index (χ4n) is 2.82. The molecule has 1 amide bonds. The second-order valence-electron chi connectivity index (χ2n) is 6.92. The molecule has 0 spiro atoms. The van der Waals surface area contributed by atoms with Crippen LogP contribution >= 0.6 is 23.7 Å². The lowest BCUT2D eigenvalue weighted by molar-refractivity contribution is -0.384. The number of hydrogen-bond acceptors (Lipinski definition) is 6. The Morgan fingerprint density at radius 3 is 2.55 bits per heavy atom. The number of likely N-dealkylation sites (N-methyl/N-ethyl adjacent to an activating group) is 1. The predicted octanol–water partition coefficient (Wildman–Crippen LogP) is 4.45. The van der Waals surface area contributed by atoms with Crippen LogP contribution in [0.2, 0.25) is 0 Å². The number of nitrogens with zero attached hydrogens (tertiary/aromatic N) is 4. The van der Waals surface area contributed by atoms with Crippen molar-refractivity contribution >= 4 is 50.7 Å². The molecule has 0 aliphatic carbocycles. The zero-order valence-corrected chi connectivity index (χ0v) is 18.3.